The van der Waals surface area contributed by atoms with E-state index in [1.165, 1.54) is 0 Å². The van der Waals surface area contributed by atoms with Crippen molar-refractivity contribution < 1.29 is 14.3 Å². The lowest BCUT2D eigenvalue weighted by atomic mass is 10.1. The van der Waals surface area contributed by atoms with Gasteiger partial charge in [0.15, 0.2) is 6.61 Å². The van der Waals surface area contributed by atoms with E-state index in [0.29, 0.717) is 23.5 Å². The Morgan fingerprint density at radius 1 is 1.23 bits per heavy atom. The van der Waals surface area contributed by atoms with E-state index >= 15 is 0 Å². The molecular formula is C19H16N4O3. The number of carbonyl (C=O) groups excluding carboxylic acids is 2. The summed E-state index contributed by atoms with van der Waals surface area (Å²) in [5.41, 5.74) is 2.89. The monoisotopic (exact) mass is 348 g/mol. The second-order valence-corrected chi connectivity index (χ2v) is 5.86. The van der Waals surface area contributed by atoms with Crippen molar-refractivity contribution in [1.82, 2.24) is 15.1 Å². The molecule has 0 saturated heterocycles. The van der Waals surface area contributed by atoms with Crippen LogP contribution < -0.4 is 15.4 Å². The quantitative estimate of drug-likeness (QED) is 0.756. The highest BCUT2D eigenvalue weighted by Gasteiger charge is 2.17. The number of carbonyl (C=O) groups is 2. The fraction of sp³-hybridized carbons (Fsp3) is 0.105. The number of aromatic nitrogens is 2. The van der Waals surface area contributed by atoms with Gasteiger partial charge in [-0.1, -0.05) is 18.2 Å². The van der Waals surface area contributed by atoms with Gasteiger partial charge in [0.05, 0.1) is 17.6 Å². The second kappa shape index (κ2) is 6.72. The summed E-state index contributed by atoms with van der Waals surface area (Å²) in [5.74, 6) is 0.0695. The average molecular weight is 348 g/mol. The van der Waals surface area contributed by atoms with Gasteiger partial charge in [-0.3, -0.25) is 9.59 Å². The topological polar surface area (TPSA) is 85.2 Å². The Balaban J connectivity index is 1.42. The minimum atomic E-state index is -0.222. The molecule has 1 aliphatic heterocycles. The Kier molecular flexibility index (Phi) is 4.10. The molecule has 0 bridgehead atoms. The minimum Gasteiger partial charge on any atom is -0.482 e. The van der Waals surface area contributed by atoms with Crippen molar-refractivity contribution in [2.45, 2.75) is 6.54 Å². The molecule has 0 unspecified atom stereocenters. The van der Waals surface area contributed by atoms with Crippen molar-refractivity contribution in [3.63, 3.8) is 0 Å². The molecule has 7 heteroatoms. The van der Waals surface area contributed by atoms with Crippen LogP contribution in [0, 0.1) is 0 Å². The molecule has 0 saturated carbocycles. The molecule has 3 aromatic rings. The van der Waals surface area contributed by atoms with Crippen molar-refractivity contribution in [3.05, 3.63) is 72.1 Å². The molecule has 2 aromatic carbocycles. The molecule has 0 fully saturated rings. The number of benzene rings is 2. The zero-order chi connectivity index (χ0) is 17.9. The van der Waals surface area contributed by atoms with E-state index in [1.54, 1.807) is 29.1 Å². The number of nitrogens with one attached hydrogen (secondary N) is 2. The highest BCUT2D eigenvalue weighted by molar-refractivity contribution is 5.98. The van der Waals surface area contributed by atoms with E-state index in [9.17, 15) is 9.59 Å². The zero-order valence-electron chi connectivity index (χ0n) is 13.8. The molecule has 0 atom stereocenters. The van der Waals surface area contributed by atoms with Crippen LogP contribution >= 0.6 is 0 Å². The first-order valence-electron chi connectivity index (χ1n) is 8.13. The van der Waals surface area contributed by atoms with Crippen LogP contribution in [0.4, 0.5) is 5.69 Å². The van der Waals surface area contributed by atoms with Gasteiger partial charge in [0.2, 0.25) is 0 Å². The number of hydrogen-bond donors (Lipinski definition) is 2. The Labute approximate surface area is 149 Å². The van der Waals surface area contributed by atoms with Crippen molar-refractivity contribution >= 4 is 17.5 Å². The van der Waals surface area contributed by atoms with Crippen LogP contribution in [0.5, 0.6) is 5.75 Å². The standard InChI is InChI=1S/C19H16N4O3/c24-18-12-26-17-8-14(6-7-16(17)22-18)19(25)20-9-13-10-21-23(11-13)15-4-2-1-3-5-15/h1-8,10-11H,9,12H2,(H,20,25)(H,22,24). The zero-order valence-corrected chi connectivity index (χ0v) is 13.8. The van der Waals surface area contributed by atoms with Gasteiger partial charge in [0, 0.05) is 23.9 Å². The number of rotatable bonds is 4. The van der Waals surface area contributed by atoms with Gasteiger partial charge >= 0.3 is 0 Å². The van der Waals surface area contributed by atoms with Crippen molar-refractivity contribution in [1.29, 1.82) is 0 Å². The molecule has 2 N–H and O–H groups in total. The third-order valence-corrected chi connectivity index (χ3v) is 3.99. The summed E-state index contributed by atoms with van der Waals surface area (Å²) in [4.78, 5) is 23.6. The highest BCUT2D eigenvalue weighted by atomic mass is 16.5. The maximum atomic E-state index is 12.4. The number of fused-ring (bicyclic) bond motifs is 1. The van der Waals surface area contributed by atoms with E-state index in [0.717, 1.165) is 11.3 Å². The lowest BCUT2D eigenvalue weighted by molar-refractivity contribution is -0.118. The third kappa shape index (κ3) is 3.27. The number of nitrogens with zero attached hydrogens (tertiary/aromatic N) is 2. The molecule has 2 heterocycles. The van der Waals surface area contributed by atoms with Gasteiger partial charge in [0.25, 0.3) is 11.8 Å². The van der Waals surface area contributed by atoms with Gasteiger partial charge in [-0.15, -0.1) is 0 Å². The van der Waals surface area contributed by atoms with Crippen molar-refractivity contribution in [2.24, 2.45) is 0 Å². The van der Waals surface area contributed by atoms with E-state index in [-0.39, 0.29) is 18.4 Å². The molecular weight excluding hydrogens is 332 g/mol. The SMILES string of the molecule is O=C1COc2cc(C(=O)NCc3cnn(-c4ccccc4)c3)ccc2N1. The smallest absolute Gasteiger partial charge is 0.262 e. The maximum Gasteiger partial charge on any atom is 0.262 e. The number of anilines is 1. The number of hydrogen-bond acceptors (Lipinski definition) is 4. The summed E-state index contributed by atoms with van der Waals surface area (Å²) >= 11 is 0. The summed E-state index contributed by atoms with van der Waals surface area (Å²) in [7, 11) is 0. The van der Waals surface area contributed by atoms with E-state index in [4.69, 9.17) is 4.74 Å². The van der Waals surface area contributed by atoms with Gasteiger partial charge in [-0.2, -0.15) is 5.10 Å². The fourth-order valence-corrected chi connectivity index (χ4v) is 2.67. The van der Waals surface area contributed by atoms with Gasteiger partial charge in [0.1, 0.15) is 5.75 Å². The average Bonchev–Trinajstić information content (AvgIpc) is 3.15. The van der Waals surface area contributed by atoms with Crippen LogP contribution in [0.15, 0.2) is 60.9 Å². The van der Waals surface area contributed by atoms with Crippen LogP contribution in [0.25, 0.3) is 5.69 Å². The van der Waals surface area contributed by atoms with E-state index < -0.39 is 0 Å². The first-order valence-corrected chi connectivity index (χ1v) is 8.13. The molecule has 1 aromatic heterocycles. The molecule has 26 heavy (non-hydrogen) atoms. The maximum absolute atomic E-state index is 12.4. The largest absolute Gasteiger partial charge is 0.482 e. The van der Waals surface area contributed by atoms with Gasteiger partial charge in [-0.05, 0) is 30.3 Å². The van der Waals surface area contributed by atoms with Gasteiger partial charge < -0.3 is 15.4 Å². The summed E-state index contributed by atoms with van der Waals surface area (Å²) < 4.78 is 7.10. The Bertz CT molecular complexity index is 966. The number of para-hydroxylation sites is 1. The first kappa shape index (κ1) is 15.9. The molecule has 2 amide bonds. The van der Waals surface area contributed by atoms with Gasteiger partial charge in [-0.25, -0.2) is 4.68 Å². The Hall–Kier alpha value is -3.61. The first-order chi connectivity index (χ1) is 12.7. The minimum absolute atomic E-state index is 0.0449. The van der Waals surface area contributed by atoms with Crippen LogP contribution in [-0.4, -0.2) is 28.2 Å². The lowest BCUT2D eigenvalue weighted by Crippen LogP contribution is -2.26. The normalized spacial score (nSPS) is 12.7. The van der Waals surface area contributed by atoms with E-state index in [2.05, 4.69) is 15.7 Å². The summed E-state index contributed by atoms with van der Waals surface area (Å²) in [5, 5.41) is 9.86. The molecule has 4 rings (SSSR count). The summed E-state index contributed by atoms with van der Waals surface area (Å²) in [6.45, 7) is 0.317. The Morgan fingerprint density at radius 3 is 2.92 bits per heavy atom. The molecule has 0 spiro atoms. The second-order valence-electron chi connectivity index (χ2n) is 5.86. The molecule has 0 aliphatic carbocycles. The van der Waals surface area contributed by atoms with Crippen LogP contribution in [0.1, 0.15) is 15.9 Å². The molecule has 1 aliphatic rings. The van der Waals surface area contributed by atoms with Crippen LogP contribution in [-0.2, 0) is 11.3 Å². The van der Waals surface area contributed by atoms with Crippen molar-refractivity contribution in [3.8, 4) is 11.4 Å². The van der Waals surface area contributed by atoms with Crippen LogP contribution in [0.2, 0.25) is 0 Å². The Morgan fingerprint density at radius 2 is 2.08 bits per heavy atom. The number of ether oxygens (including phenoxy) is 1. The molecule has 0 radical (unpaired) electrons. The molecule has 130 valence electrons. The molecule has 7 nitrogen and oxygen atoms in total. The number of amides is 2. The summed E-state index contributed by atoms with van der Waals surface area (Å²) in [6, 6.07) is 14.7. The van der Waals surface area contributed by atoms with Crippen LogP contribution in [0.3, 0.4) is 0 Å². The highest BCUT2D eigenvalue weighted by Crippen LogP contribution is 2.28. The predicted octanol–water partition coefficient (Wildman–Crippen LogP) is 2.13. The third-order valence-electron chi connectivity index (χ3n) is 3.99. The summed E-state index contributed by atoms with van der Waals surface area (Å²) in [6.07, 6.45) is 3.60. The van der Waals surface area contributed by atoms with E-state index in [1.807, 2.05) is 36.5 Å². The van der Waals surface area contributed by atoms with Crippen molar-refractivity contribution in [2.75, 3.05) is 11.9 Å². The predicted molar refractivity (Wildman–Crippen MR) is 95.3 cm³/mol. The fourth-order valence-electron chi connectivity index (χ4n) is 2.67. The lowest BCUT2D eigenvalue weighted by Gasteiger charge is -2.18.